The predicted molar refractivity (Wildman–Crippen MR) is 89.7 cm³/mol. The first kappa shape index (κ1) is 16.4. The van der Waals surface area contributed by atoms with Crippen LogP contribution in [0.2, 0.25) is 0 Å². The quantitative estimate of drug-likeness (QED) is 0.503. The molecule has 0 amide bonds. The fourth-order valence-electron chi connectivity index (χ4n) is 2.01. The molecule has 0 aliphatic heterocycles. The maximum atomic E-state index is 11.7. The van der Waals surface area contributed by atoms with Crippen LogP contribution in [0.5, 0.6) is 5.75 Å². The van der Waals surface area contributed by atoms with Crippen molar-refractivity contribution in [1.82, 2.24) is 0 Å². The van der Waals surface area contributed by atoms with Crippen LogP contribution in [0.4, 0.5) is 5.69 Å². The normalized spacial score (nSPS) is 11.0. The maximum absolute atomic E-state index is 11.7. The highest BCUT2D eigenvalue weighted by atomic mass is 16.5. The van der Waals surface area contributed by atoms with E-state index in [2.05, 4.69) is 10.3 Å². The van der Waals surface area contributed by atoms with Crippen molar-refractivity contribution in [2.24, 2.45) is 10.7 Å². The van der Waals surface area contributed by atoms with Gasteiger partial charge in [-0.1, -0.05) is 24.3 Å². The summed E-state index contributed by atoms with van der Waals surface area (Å²) in [5, 5.41) is 2.99. The molecule has 0 radical (unpaired) electrons. The van der Waals surface area contributed by atoms with E-state index in [-0.39, 0.29) is 0 Å². The van der Waals surface area contributed by atoms with Crippen LogP contribution in [0, 0.1) is 0 Å². The van der Waals surface area contributed by atoms with Crippen molar-refractivity contribution in [3.63, 3.8) is 0 Å². The Morgan fingerprint density at radius 1 is 1.17 bits per heavy atom. The van der Waals surface area contributed by atoms with Crippen LogP contribution >= 0.6 is 0 Å². The van der Waals surface area contributed by atoms with E-state index in [0.29, 0.717) is 23.8 Å². The number of nitrogens with zero attached hydrogens (tertiary/aromatic N) is 1. The summed E-state index contributed by atoms with van der Waals surface area (Å²) in [6.07, 6.45) is 0. The molecule has 23 heavy (non-hydrogen) atoms. The molecule has 6 heteroatoms. The van der Waals surface area contributed by atoms with Crippen molar-refractivity contribution in [1.29, 1.82) is 0 Å². The van der Waals surface area contributed by atoms with Crippen LogP contribution in [0.25, 0.3) is 0 Å². The lowest BCUT2D eigenvalue weighted by Gasteiger charge is -2.09. The predicted octanol–water partition coefficient (Wildman–Crippen LogP) is 2.41. The lowest BCUT2D eigenvalue weighted by Crippen LogP contribution is -2.22. The molecular weight excluding hydrogens is 294 g/mol. The highest BCUT2D eigenvalue weighted by molar-refractivity contribution is 5.93. The number of methoxy groups -OCH3 is 2. The summed E-state index contributed by atoms with van der Waals surface area (Å²) in [4.78, 5) is 16.0. The van der Waals surface area contributed by atoms with E-state index in [9.17, 15) is 4.79 Å². The molecule has 6 nitrogen and oxygen atoms in total. The Hall–Kier alpha value is -3.02. The molecule has 0 heterocycles. The molecule has 2 rings (SSSR count). The number of ether oxygens (including phenoxy) is 2. The number of hydrogen-bond acceptors (Lipinski definition) is 4. The highest BCUT2D eigenvalue weighted by Gasteiger charge is 2.13. The SMILES string of the molecule is COC(=O)c1cc(CN=C(N)Nc2ccccc2)ccc1OC. The smallest absolute Gasteiger partial charge is 0.341 e. The van der Waals surface area contributed by atoms with Gasteiger partial charge >= 0.3 is 5.97 Å². The molecule has 2 aromatic rings. The molecule has 0 saturated heterocycles. The molecule has 0 aliphatic rings. The van der Waals surface area contributed by atoms with Crippen molar-refractivity contribution < 1.29 is 14.3 Å². The second kappa shape index (κ2) is 7.84. The number of para-hydroxylation sites is 1. The molecule has 0 atom stereocenters. The van der Waals surface area contributed by atoms with Crippen LogP contribution in [0.15, 0.2) is 53.5 Å². The summed E-state index contributed by atoms with van der Waals surface area (Å²) in [5.41, 5.74) is 7.90. The summed E-state index contributed by atoms with van der Waals surface area (Å²) < 4.78 is 9.90. The Kier molecular flexibility index (Phi) is 5.57. The molecule has 2 aromatic carbocycles. The van der Waals surface area contributed by atoms with Crippen LogP contribution < -0.4 is 15.8 Å². The average molecular weight is 313 g/mol. The number of benzene rings is 2. The Morgan fingerprint density at radius 2 is 1.91 bits per heavy atom. The van der Waals surface area contributed by atoms with Gasteiger partial charge in [0.15, 0.2) is 5.96 Å². The lowest BCUT2D eigenvalue weighted by molar-refractivity contribution is 0.0597. The third-order valence-corrected chi connectivity index (χ3v) is 3.15. The first-order chi connectivity index (χ1) is 11.1. The molecular formula is C17H19N3O3. The van der Waals surface area contributed by atoms with E-state index in [0.717, 1.165) is 11.3 Å². The number of nitrogens with two attached hydrogens (primary N) is 1. The Morgan fingerprint density at radius 3 is 2.57 bits per heavy atom. The number of guanidine groups is 1. The fourth-order valence-corrected chi connectivity index (χ4v) is 2.01. The molecule has 0 aromatic heterocycles. The summed E-state index contributed by atoms with van der Waals surface area (Å²) in [6, 6.07) is 14.7. The van der Waals surface area contributed by atoms with E-state index in [1.807, 2.05) is 36.4 Å². The van der Waals surface area contributed by atoms with Gasteiger partial charge in [0.05, 0.1) is 20.8 Å². The van der Waals surface area contributed by atoms with Crippen molar-refractivity contribution >= 4 is 17.6 Å². The van der Waals surface area contributed by atoms with E-state index < -0.39 is 5.97 Å². The average Bonchev–Trinajstić information content (AvgIpc) is 2.60. The molecule has 0 saturated carbocycles. The number of nitrogens with one attached hydrogen (secondary N) is 1. The van der Waals surface area contributed by atoms with E-state index >= 15 is 0 Å². The van der Waals surface area contributed by atoms with Gasteiger partial charge in [-0.05, 0) is 29.8 Å². The highest BCUT2D eigenvalue weighted by Crippen LogP contribution is 2.21. The monoisotopic (exact) mass is 313 g/mol. The number of aliphatic imine (C=N–C) groups is 1. The maximum Gasteiger partial charge on any atom is 0.341 e. The van der Waals surface area contributed by atoms with E-state index in [1.165, 1.54) is 14.2 Å². The zero-order chi connectivity index (χ0) is 16.7. The zero-order valence-electron chi connectivity index (χ0n) is 13.1. The topological polar surface area (TPSA) is 85.9 Å². The fraction of sp³-hybridized carbons (Fsp3) is 0.176. The third kappa shape index (κ3) is 4.47. The third-order valence-electron chi connectivity index (χ3n) is 3.15. The number of esters is 1. The van der Waals surface area contributed by atoms with Crippen LogP contribution in [0.1, 0.15) is 15.9 Å². The first-order valence-corrected chi connectivity index (χ1v) is 7.01. The summed E-state index contributed by atoms with van der Waals surface area (Å²) in [6.45, 7) is 0.333. The number of hydrogen-bond donors (Lipinski definition) is 2. The van der Waals surface area contributed by atoms with Gasteiger partial charge in [-0.3, -0.25) is 0 Å². The molecule has 0 bridgehead atoms. The summed E-state index contributed by atoms with van der Waals surface area (Å²) >= 11 is 0. The number of anilines is 1. The van der Waals surface area contributed by atoms with Gasteiger partial charge in [0.1, 0.15) is 11.3 Å². The Balaban J connectivity index is 2.10. The van der Waals surface area contributed by atoms with Crippen LogP contribution in [0.3, 0.4) is 0 Å². The van der Waals surface area contributed by atoms with E-state index in [4.69, 9.17) is 15.2 Å². The lowest BCUT2D eigenvalue weighted by atomic mass is 10.1. The molecule has 0 fully saturated rings. The minimum Gasteiger partial charge on any atom is -0.496 e. The minimum atomic E-state index is -0.455. The summed E-state index contributed by atoms with van der Waals surface area (Å²) in [7, 11) is 2.83. The molecule has 0 spiro atoms. The van der Waals surface area contributed by atoms with Crippen molar-refractivity contribution in [3.8, 4) is 5.75 Å². The van der Waals surface area contributed by atoms with Gasteiger partial charge in [0, 0.05) is 5.69 Å². The van der Waals surface area contributed by atoms with Crippen molar-refractivity contribution in [3.05, 3.63) is 59.7 Å². The molecule has 3 N–H and O–H groups in total. The van der Waals surface area contributed by atoms with Gasteiger partial charge in [-0.2, -0.15) is 0 Å². The zero-order valence-corrected chi connectivity index (χ0v) is 13.1. The van der Waals surface area contributed by atoms with Crippen molar-refractivity contribution in [2.75, 3.05) is 19.5 Å². The molecule has 0 aliphatic carbocycles. The molecule has 0 unspecified atom stereocenters. The standard InChI is InChI=1S/C17H19N3O3/c1-22-15-9-8-12(10-14(15)16(21)23-2)11-19-17(18)20-13-6-4-3-5-7-13/h3-10H,11H2,1-2H3,(H3,18,19,20). The van der Waals surface area contributed by atoms with Crippen LogP contribution in [-0.2, 0) is 11.3 Å². The van der Waals surface area contributed by atoms with Gasteiger partial charge in [-0.25, -0.2) is 9.79 Å². The van der Waals surface area contributed by atoms with Crippen LogP contribution in [-0.4, -0.2) is 26.1 Å². The minimum absolute atomic E-state index is 0.298. The number of rotatable bonds is 5. The number of carbonyl (C=O) groups is 1. The second-order valence-corrected chi connectivity index (χ2v) is 4.72. The first-order valence-electron chi connectivity index (χ1n) is 7.01. The van der Waals surface area contributed by atoms with Gasteiger partial charge < -0.3 is 20.5 Å². The summed E-state index contributed by atoms with van der Waals surface area (Å²) in [5.74, 6) is 0.301. The van der Waals surface area contributed by atoms with Gasteiger partial charge in [0.2, 0.25) is 0 Å². The Bertz CT molecular complexity index is 699. The number of carbonyl (C=O) groups excluding carboxylic acids is 1. The van der Waals surface area contributed by atoms with Gasteiger partial charge in [0.25, 0.3) is 0 Å². The van der Waals surface area contributed by atoms with E-state index in [1.54, 1.807) is 12.1 Å². The largest absolute Gasteiger partial charge is 0.496 e. The second-order valence-electron chi connectivity index (χ2n) is 4.72. The van der Waals surface area contributed by atoms with Gasteiger partial charge in [-0.15, -0.1) is 0 Å². The molecule has 120 valence electrons. The van der Waals surface area contributed by atoms with Crippen molar-refractivity contribution in [2.45, 2.75) is 6.54 Å². The Labute approximate surface area is 134 Å².